The van der Waals surface area contributed by atoms with Crippen molar-refractivity contribution in [2.75, 3.05) is 0 Å². The summed E-state index contributed by atoms with van der Waals surface area (Å²) in [5.41, 5.74) is 2.56. The van der Waals surface area contributed by atoms with Crippen molar-refractivity contribution in [2.24, 2.45) is 0 Å². The minimum Gasteiger partial charge on any atom is -0.0685 e. The van der Waals surface area contributed by atoms with E-state index in [2.05, 4.69) is 44.2 Å². The molecular weight excluding hydrogens is 144 g/mol. The first-order valence-electron chi connectivity index (χ1n) is 4.15. The fourth-order valence-electron chi connectivity index (χ4n) is 1.34. The summed E-state index contributed by atoms with van der Waals surface area (Å²) in [6.45, 7) is 4.23. The van der Waals surface area contributed by atoms with E-state index >= 15 is 0 Å². The summed E-state index contributed by atoms with van der Waals surface area (Å²) in [7, 11) is 0. The van der Waals surface area contributed by atoms with Crippen LogP contribution in [0.4, 0.5) is 0 Å². The van der Waals surface area contributed by atoms with Gasteiger partial charge in [0.05, 0.1) is 0 Å². The third-order valence-electron chi connectivity index (χ3n) is 2.07. The summed E-state index contributed by atoms with van der Waals surface area (Å²) in [5, 5.41) is 2.50. The van der Waals surface area contributed by atoms with Crippen LogP contribution in [0.1, 0.15) is 13.8 Å². The highest BCUT2D eigenvalue weighted by Crippen LogP contribution is 2.08. The van der Waals surface area contributed by atoms with E-state index < -0.39 is 0 Å². The molecule has 1 aliphatic rings. The predicted molar refractivity (Wildman–Crippen MR) is 51.9 cm³/mol. The summed E-state index contributed by atoms with van der Waals surface area (Å²) in [5.74, 6) is 0. The SMILES string of the molecule is CC(C)=C1[C]=c2ccccc2=C1. The number of hydrogen-bond acceptors (Lipinski definition) is 0. The number of rotatable bonds is 0. The van der Waals surface area contributed by atoms with Gasteiger partial charge in [-0.25, -0.2) is 0 Å². The highest BCUT2D eigenvalue weighted by Gasteiger charge is 1.98. The van der Waals surface area contributed by atoms with E-state index in [1.807, 2.05) is 6.07 Å². The van der Waals surface area contributed by atoms with E-state index in [0.717, 1.165) is 0 Å². The predicted octanol–water partition coefficient (Wildman–Crippen LogP) is 1.47. The minimum absolute atomic E-state index is 1.22. The first-order chi connectivity index (χ1) is 5.77. The Bertz CT molecular complexity index is 406. The Labute approximate surface area is 72.5 Å². The van der Waals surface area contributed by atoms with E-state index in [1.165, 1.54) is 21.6 Å². The van der Waals surface area contributed by atoms with Crippen LogP contribution in [-0.4, -0.2) is 0 Å². The van der Waals surface area contributed by atoms with Crippen LogP contribution < -0.4 is 10.4 Å². The molecule has 1 aliphatic carbocycles. The fraction of sp³-hybridized carbons (Fsp3) is 0.167. The zero-order chi connectivity index (χ0) is 8.55. The van der Waals surface area contributed by atoms with Gasteiger partial charge in [0.25, 0.3) is 0 Å². The lowest BCUT2D eigenvalue weighted by Gasteiger charge is -1.90. The van der Waals surface area contributed by atoms with Gasteiger partial charge in [0.1, 0.15) is 0 Å². The Hall–Kier alpha value is -1.30. The molecule has 59 valence electrons. The molecule has 2 rings (SSSR count). The van der Waals surface area contributed by atoms with Gasteiger partial charge in [-0.2, -0.15) is 0 Å². The van der Waals surface area contributed by atoms with Crippen LogP contribution in [-0.2, 0) is 0 Å². The molecule has 0 bridgehead atoms. The van der Waals surface area contributed by atoms with Gasteiger partial charge in [0, 0.05) is 0 Å². The van der Waals surface area contributed by atoms with Gasteiger partial charge in [-0.3, -0.25) is 0 Å². The maximum atomic E-state index is 3.36. The van der Waals surface area contributed by atoms with Gasteiger partial charge in [0.2, 0.25) is 0 Å². The summed E-state index contributed by atoms with van der Waals surface area (Å²) >= 11 is 0. The molecule has 0 fully saturated rings. The lowest BCUT2D eigenvalue weighted by atomic mass is 10.2. The second-order valence-corrected chi connectivity index (χ2v) is 3.27. The van der Waals surface area contributed by atoms with Crippen molar-refractivity contribution in [2.45, 2.75) is 13.8 Å². The number of allylic oxidation sites excluding steroid dienone is 2. The molecule has 0 saturated heterocycles. The van der Waals surface area contributed by atoms with Crippen molar-refractivity contribution < 1.29 is 0 Å². The van der Waals surface area contributed by atoms with E-state index in [4.69, 9.17) is 0 Å². The molecule has 1 aromatic carbocycles. The lowest BCUT2D eigenvalue weighted by Crippen LogP contribution is -2.19. The Morgan fingerprint density at radius 1 is 1.17 bits per heavy atom. The second kappa shape index (κ2) is 2.63. The van der Waals surface area contributed by atoms with Gasteiger partial charge in [-0.05, 0) is 42.0 Å². The molecule has 0 heteroatoms. The lowest BCUT2D eigenvalue weighted by molar-refractivity contribution is 1.38. The molecule has 0 unspecified atom stereocenters. The first-order valence-corrected chi connectivity index (χ1v) is 4.15. The molecule has 0 spiro atoms. The summed E-state index contributed by atoms with van der Waals surface area (Å²) in [4.78, 5) is 0. The average molecular weight is 155 g/mol. The van der Waals surface area contributed by atoms with Crippen molar-refractivity contribution in [3.63, 3.8) is 0 Å². The van der Waals surface area contributed by atoms with Gasteiger partial charge < -0.3 is 0 Å². The number of hydrogen-bond donors (Lipinski definition) is 0. The normalized spacial score (nSPS) is 13.3. The minimum atomic E-state index is 1.22. The average Bonchev–Trinajstić information content (AvgIpc) is 2.46. The Morgan fingerprint density at radius 3 is 2.58 bits per heavy atom. The molecule has 0 N–H and O–H groups in total. The smallest absolute Gasteiger partial charge is 0.00210 e. The monoisotopic (exact) mass is 155 g/mol. The largest absolute Gasteiger partial charge is 0.0685 e. The van der Waals surface area contributed by atoms with Gasteiger partial charge in [0.15, 0.2) is 0 Å². The molecule has 0 heterocycles. The van der Waals surface area contributed by atoms with Crippen LogP contribution in [0.5, 0.6) is 0 Å². The Balaban J connectivity index is 2.77. The third-order valence-corrected chi connectivity index (χ3v) is 2.07. The zero-order valence-corrected chi connectivity index (χ0v) is 7.39. The highest BCUT2D eigenvalue weighted by atomic mass is 14.0. The maximum absolute atomic E-state index is 3.36. The Morgan fingerprint density at radius 2 is 1.92 bits per heavy atom. The van der Waals surface area contributed by atoms with Gasteiger partial charge >= 0.3 is 0 Å². The molecule has 1 radical (unpaired) electrons. The first kappa shape index (κ1) is 7.35. The van der Waals surface area contributed by atoms with Crippen LogP contribution in [0.15, 0.2) is 35.4 Å². The maximum Gasteiger partial charge on any atom is -0.00210 e. The fourth-order valence-corrected chi connectivity index (χ4v) is 1.34. The number of fused-ring (bicyclic) bond motifs is 1. The highest BCUT2D eigenvalue weighted by molar-refractivity contribution is 5.72. The van der Waals surface area contributed by atoms with E-state index in [9.17, 15) is 0 Å². The topological polar surface area (TPSA) is 0 Å². The summed E-state index contributed by atoms with van der Waals surface area (Å²) < 4.78 is 0. The van der Waals surface area contributed by atoms with Crippen LogP contribution in [0.2, 0.25) is 0 Å². The van der Waals surface area contributed by atoms with E-state index in [-0.39, 0.29) is 0 Å². The van der Waals surface area contributed by atoms with E-state index in [0.29, 0.717) is 0 Å². The molecule has 12 heavy (non-hydrogen) atoms. The molecule has 0 aliphatic heterocycles. The van der Waals surface area contributed by atoms with Gasteiger partial charge in [-0.15, -0.1) is 0 Å². The van der Waals surface area contributed by atoms with Gasteiger partial charge in [-0.1, -0.05) is 29.8 Å². The van der Waals surface area contributed by atoms with Crippen molar-refractivity contribution in [1.29, 1.82) is 0 Å². The van der Waals surface area contributed by atoms with Crippen LogP contribution in [0.3, 0.4) is 0 Å². The van der Waals surface area contributed by atoms with Crippen molar-refractivity contribution in [3.8, 4) is 0 Å². The molecule has 1 aromatic rings. The molecular formula is C12H11. The quantitative estimate of drug-likeness (QED) is 0.532. The Kier molecular flexibility index (Phi) is 1.61. The second-order valence-electron chi connectivity index (χ2n) is 3.27. The molecule has 0 saturated carbocycles. The zero-order valence-electron chi connectivity index (χ0n) is 7.39. The van der Waals surface area contributed by atoms with Crippen LogP contribution in [0, 0.1) is 0 Å². The third kappa shape index (κ3) is 1.10. The van der Waals surface area contributed by atoms with Crippen LogP contribution >= 0.6 is 0 Å². The van der Waals surface area contributed by atoms with Crippen LogP contribution in [0.25, 0.3) is 12.2 Å². The van der Waals surface area contributed by atoms with Crippen molar-refractivity contribution in [3.05, 3.63) is 45.8 Å². The molecule has 0 aromatic heterocycles. The summed E-state index contributed by atoms with van der Waals surface area (Å²) in [6.07, 6.45) is 5.54. The van der Waals surface area contributed by atoms with Crippen molar-refractivity contribution in [1.82, 2.24) is 0 Å². The molecule has 0 atom stereocenters. The molecule has 0 amide bonds. The number of benzene rings is 1. The standard InChI is InChI=1S/C12H11/c1-9(2)12-7-10-5-3-4-6-11(10)8-12/h3-7H,1-2H3. The molecule has 0 nitrogen and oxygen atoms in total. The van der Waals surface area contributed by atoms with Crippen molar-refractivity contribution >= 4 is 12.2 Å². The van der Waals surface area contributed by atoms with E-state index in [1.54, 1.807) is 0 Å². The summed E-state index contributed by atoms with van der Waals surface area (Å²) in [6, 6.07) is 8.33.